The lowest BCUT2D eigenvalue weighted by Crippen LogP contribution is -2.10. The van der Waals surface area contributed by atoms with Crippen LogP contribution in [0.1, 0.15) is 5.69 Å². The molecule has 0 aliphatic carbocycles. The number of hydrogen-bond acceptors (Lipinski definition) is 5. The molecular weight excluding hydrogens is 350 g/mol. The number of rotatable bonds is 6. The predicted molar refractivity (Wildman–Crippen MR) is 110 cm³/mol. The van der Waals surface area contributed by atoms with E-state index in [0.29, 0.717) is 0 Å². The average Bonchev–Trinajstić information content (AvgIpc) is 3.35. The molecule has 142 valence electrons. The Labute approximate surface area is 164 Å². The van der Waals surface area contributed by atoms with E-state index in [0.717, 1.165) is 47.1 Å². The molecule has 7 heteroatoms. The minimum absolute atomic E-state index is 0.777. The van der Waals surface area contributed by atoms with Crippen LogP contribution in [0.4, 0.5) is 5.82 Å². The van der Waals surface area contributed by atoms with Crippen molar-refractivity contribution in [3.05, 3.63) is 66.9 Å². The topological polar surface area (TPSA) is 64.7 Å². The fourth-order valence-electron chi connectivity index (χ4n) is 3.02. The third-order valence-corrected chi connectivity index (χ3v) is 4.54. The van der Waals surface area contributed by atoms with Gasteiger partial charge in [0.1, 0.15) is 12.1 Å². The van der Waals surface area contributed by atoms with Crippen molar-refractivity contribution in [3.63, 3.8) is 0 Å². The fourth-order valence-corrected chi connectivity index (χ4v) is 3.02. The zero-order valence-electron chi connectivity index (χ0n) is 16.3. The van der Waals surface area contributed by atoms with Crippen LogP contribution < -0.4 is 4.90 Å². The fraction of sp³-hybridized carbons (Fsp3) is 0.238. The van der Waals surface area contributed by atoms with Gasteiger partial charge in [-0.05, 0) is 25.1 Å². The first-order valence-electron chi connectivity index (χ1n) is 9.22. The van der Waals surface area contributed by atoms with Gasteiger partial charge < -0.3 is 4.90 Å². The summed E-state index contributed by atoms with van der Waals surface area (Å²) in [7, 11) is 3.94. The minimum atomic E-state index is 0.777. The lowest BCUT2D eigenvalue weighted by atomic mass is 10.1. The van der Waals surface area contributed by atoms with Gasteiger partial charge in [0.05, 0.1) is 30.2 Å². The van der Waals surface area contributed by atoms with Crippen LogP contribution in [0.15, 0.2) is 61.2 Å². The van der Waals surface area contributed by atoms with E-state index in [1.807, 2.05) is 71.9 Å². The first kappa shape index (κ1) is 17.9. The molecule has 0 amide bonds. The van der Waals surface area contributed by atoms with Gasteiger partial charge in [-0.1, -0.05) is 18.2 Å². The van der Waals surface area contributed by atoms with Crippen LogP contribution in [0, 0.1) is 6.92 Å². The molecule has 0 aliphatic heterocycles. The summed E-state index contributed by atoms with van der Waals surface area (Å²) in [5.41, 5.74) is 4.98. The lowest BCUT2D eigenvalue weighted by Gasteiger charge is -2.11. The largest absolute Gasteiger partial charge is 0.363 e. The van der Waals surface area contributed by atoms with Gasteiger partial charge in [-0.25, -0.2) is 9.97 Å². The number of benzene rings is 1. The smallest absolute Gasteiger partial charge is 0.132 e. The molecule has 3 aromatic heterocycles. The second-order valence-electron chi connectivity index (χ2n) is 6.92. The molecule has 4 rings (SSSR count). The molecule has 0 fully saturated rings. The van der Waals surface area contributed by atoms with Crippen molar-refractivity contribution in [2.45, 2.75) is 20.0 Å². The van der Waals surface area contributed by atoms with E-state index >= 15 is 0 Å². The van der Waals surface area contributed by atoms with Gasteiger partial charge in [-0.3, -0.25) is 9.36 Å². The number of aromatic nitrogens is 6. The highest BCUT2D eigenvalue weighted by Gasteiger charge is 2.08. The molecule has 0 saturated carbocycles. The Bertz CT molecular complexity index is 1080. The second-order valence-corrected chi connectivity index (χ2v) is 6.92. The third kappa shape index (κ3) is 3.93. The van der Waals surface area contributed by atoms with Crippen LogP contribution in [-0.2, 0) is 13.1 Å². The van der Waals surface area contributed by atoms with Crippen LogP contribution in [-0.4, -0.2) is 43.6 Å². The monoisotopic (exact) mass is 373 g/mol. The molecule has 3 heterocycles. The van der Waals surface area contributed by atoms with Gasteiger partial charge in [0, 0.05) is 43.7 Å². The van der Waals surface area contributed by atoms with Gasteiger partial charge in [-0.2, -0.15) is 10.2 Å². The summed E-state index contributed by atoms with van der Waals surface area (Å²) >= 11 is 0. The van der Waals surface area contributed by atoms with Gasteiger partial charge in [0.15, 0.2) is 0 Å². The van der Waals surface area contributed by atoms with E-state index < -0.39 is 0 Å². The second kappa shape index (κ2) is 7.64. The molecule has 0 bridgehead atoms. The molecular formula is C21H23N7. The highest BCUT2D eigenvalue weighted by atomic mass is 15.3. The van der Waals surface area contributed by atoms with Gasteiger partial charge >= 0.3 is 0 Å². The number of anilines is 1. The predicted octanol–water partition coefficient (Wildman–Crippen LogP) is 3.28. The summed E-state index contributed by atoms with van der Waals surface area (Å²) in [6.45, 7) is 3.57. The van der Waals surface area contributed by atoms with Crippen molar-refractivity contribution in [1.82, 2.24) is 29.5 Å². The maximum atomic E-state index is 4.72. The molecule has 0 radical (unpaired) electrons. The summed E-state index contributed by atoms with van der Waals surface area (Å²) in [6, 6.07) is 14.3. The van der Waals surface area contributed by atoms with Crippen molar-refractivity contribution in [1.29, 1.82) is 0 Å². The first-order valence-corrected chi connectivity index (χ1v) is 9.22. The molecule has 0 atom stereocenters. The maximum Gasteiger partial charge on any atom is 0.132 e. The Morgan fingerprint density at radius 2 is 1.54 bits per heavy atom. The Hall–Kier alpha value is -3.48. The SMILES string of the molecule is Cc1ccn(CCn2ccc(-c3cccc(-c4cc(N(C)C)ncn4)c3)n2)n1. The van der Waals surface area contributed by atoms with E-state index in [4.69, 9.17) is 5.10 Å². The maximum absolute atomic E-state index is 4.72. The first-order chi connectivity index (χ1) is 13.6. The molecule has 4 aromatic rings. The van der Waals surface area contributed by atoms with Crippen molar-refractivity contribution in [2.75, 3.05) is 19.0 Å². The summed E-state index contributed by atoms with van der Waals surface area (Å²) in [6.07, 6.45) is 5.60. The standard InChI is InChI=1S/C21H23N7/c1-16-7-9-27(24-16)11-12-28-10-8-19(25-28)17-5-4-6-18(13-17)20-14-21(26(2)3)23-15-22-20/h4-10,13-15H,11-12H2,1-3H3. The van der Waals surface area contributed by atoms with Gasteiger partial charge in [-0.15, -0.1) is 0 Å². The number of hydrogen-bond donors (Lipinski definition) is 0. The van der Waals surface area contributed by atoms with E-state index in [-0.39, 0.29) is 0 Å². The Morgan fingerprint density at radius 1 is 0.821 bits per heavy atom. The summed E-state index contributed by atoms with van der Waals surface area (Å²) in [4.78, 5) is 10.7. The van der Waals surface area contributed by atoms with Gasteiger partial charge in [0.25, 0.3) is 0 Å². The Kier molecular flexibility index (Phi) is 4.89. The highest BCUT2D eigenvalue weighted by molar-refractivity contribution is 5.70. The molecule has 0 saturated heterocycles. The van der Waals surface area contributed by atoms with Crippen molar-refractivity contribution in [3.8, 4) is 22.5 Å². The zero-order valence-corrected chi connectivity index (χ0v) is 16.3. The normalized spacial score (nSPS) is 11.0. The van der Waals surface area contributed by atoms with E-state index in [9.17, 15) is 0 Å². The zero-order chi connectivity index (χ0) is 19.5. The summed E-state index contributed by atoms with van der Waals surface area (Å²) < 4.78 is 3.89. The molecule has 0 N–H and O–H groups in total. The van der Waals surface area contributed by atoms with Crippen molar-refractivity contribution >= 4 is 5.82 Å². The Morgan fingerprint density at radius 3 is 2.25 bits per heavy atom. The third-order valence-electron chi connectivity index (χ3n) is 4.54. The highest BCUT2D eigenvalue weighted by Crippen LogP contribution is 2.25. The summed E-state index contributed by atoms with van der Waals surface area (Å²) in [5.74, 6) is 0.883. The molecule has 0 unspecified atom stereocenters. The van der Waals surface area contributed by atoms with Crippen LogP contribution in [0.5, 0.6) is 0 Å². The van der Waals surface area contributed by atoms with Crippen LogP contribution in [0.2, 0.25) is 0 Å². The van der Waals surface area contributed by atoms with E-state index in [1.165, 1.54) is 0 Å². The number of nitrogens with zero attached hydrogens (tertiary/aromatic N) is 7. The van der Waals surface area contributed by atoms with Crippen molar-refractivity contribution in [2.24, 2.45) is 0 Å². The van der Waals surface area contributed by atoms with Crippen LogP contribution >= 0.6 is 0 Å². The van der Waals surface area contributed by atoms with Crippen LogP contribution in [0.25, 0.3) is 22.5 Å². The van der Waals surface area contributed by atoms with Crippen LogP contribution in [0.3, 0.4) is 0 Å². The lowest BCUT2D eigenvalue weighted by molar-refractivity contribution is 0.499. The Balaban J connectivity index is 1.53. The van der Waals surface area contributed by atoms with E-state index in [2.05, 4.69) is 33.3 Å². The van der Waals surface area contributed by atoms with E-state index in [1.54, 1.807) is 6.33 Å². The van der Waals surface area contributed by atoms with Crippen molar-refractivity contribution < 1.29 is 0 Å². The van der Waals surface area contributed by atoms with Gasteiger partial charge in [0.2, 0.25) is 0 Å². The molecule has 0 spiro atoms. The minimum Gasteiger partial charge on any atom is -0.363 e. The molecule has 1 aromatic carbocycles. The number of aryl methyl sites for hydroxylation is 3. The quantitative estimate of drug-likeness (QED) is 0.519. The molecule has 28 heavy (non-hydrogen) atoms. The average molecular weight is 373 g/mol. The molecule has 7 nitrogen and oxygen atoms in total. The summed E-state index contributed by atoms with van der Waals surface area (Å²) in [5, 5.41) is 9.13. The molecule has 0 aliphatic rings.